The van der Waals surface area contributed by atoms with Crippen LogP contribution >= 0.6 is 0 Å². The average molecular weight is 255 g/mol. The molecule has 1 fully saturated rings. The van der Waals surface area contributed by atoms with Crippen molar-refractivity contribution in [3.8, 4) is 0 Å². The van der Waals surface area contributed by atoms with E-state index in [-0.39, 0.29) is 0 Å². The first-order valence-corrected chi connectivity index (χ1v) is 8.08. The topological polar surface area (TPSA) is 21.3 Å². The fraction of sp³-hybridized carbons (Fsp3) is 1.00. The molecule has 0 aromatic carbocycles. The molecule has 0 aliphatic carbocycles. The van der Waals surface area contributed by atoms with E-state index >= 15 is 0 Å². The SMILES string of the molecule is CCCCC(CC)(CNCCC)CC1CCCO1. The van der Waals surface area contributed by atoms with Crippen molar-refractivity contribution in [2.45, 2.75) is 78.2 Å². The van der Waals surface area contributed by atoms with E-state index in [1.807, 2.05) is 0 Å². The molecule has 2 unspecified atom stereocenters. The Labute approximate surface area is 114 Å². The molecule has 0 spiro atoms. The van der Waals surface area contributed by atoms with Crippen molar-refractivity contribution in [1.29, 1.82) is 0 Å². The highest BCUT2D eigenvalue weighted by atomic mass is 16.5. The largest absolute Gasteiger partial charge is 0.378 e. The summed E-state index contributed by atoms with van der Waals surface area (Å²) < 4.78 is 5.87. The number of ether oxygens (including phenoxy) is 1. The number of unbranched alkanes of at least 4 members (excludes halogenated alkanes) is 1. The summed E-state index contributed by atoms with van der Waals surface area (Å²) in [6.45, 7) is 10.2. The van der Waals surface area contributed by atoms with Gasteiger partial charge in [-0.2, -0.15) is 0 Å². The van der Waals surface area contributed by atoms with E-state index < -0.39 is 0 Å². The molecule has 1 N–H and O–H groups in total. The molecule has 2 nitrogen and oxygen atoms in total. The van der Waals surface area contributed by atoms with Crippen molar-refractivity contribution in [2.24, 2.45) is 5.41 Å². The van der Waals surface area contributed by atoms with Gasteiger partial charge in [0.1, 0.15) is 0 Å². The van der Waals surface area contributed by atoms with E-state index in [0.717, 1.165) is 13.2 Å². The zero-order chi connectivity index (χ0) is 13.3. The second-order valence-electron chi connectivity index (χ2n) is 5.97. The third-order valence-corrected chi connectivity index (χ3v) is 4.42. The summed E-state index contributed by atoms with van der Waals surface area (Å²) in [6.07, 6.45) is 10.9. The minimum Gasteiger partial charge on any atom is -0.378 e. The van der Waals surface area contributed by atoms with Crippen molar-refractivity contribution in [3.63, 3.8) is 0 Å². The number of rotatable bonds is 10. The molecule has 1 aliphatic heterocycles. The van der Waals surface area contributed by atoms with Crippen molar-refractivity contribution >= 4 is 0 Å². The summed E-state index contributed by atoms with van der Waals surface area (Å²) in [5.74, 6) is 0. The smallest absolute Gasteiger partial charge is 0.0581 e. The zero-order valence-electron chi connectivity index (χ0n) is 12.8. The molecular weight excluding hydrogens is 222 g/mol. The second kappa shape index (κ2) is 8.92. The van der Waals surface area contributed by atoms with Gasteiger partial charge in [-0.05, 0) is 50.5 Å². The van der Waals surface area contributed by atoms with Gasteiger partial charge in [0, 0.05) is 13.2 Å². The summed E-state index contributed by atoms with van der Waals surface area (Å²) >= 11 is 0. The Morgan fingerprint density at radius 3 is 2.61 bits per heavy atom. The lowest BCUT2D eigenvalue weighted by atomic mass is 9.75. The minimum absolute atomic E-state index is 0.472. The average Bonchev–Trinajstić information content (AvgIpc) is 2.89. The lowest BCUT2D eigenvalue weighted by molar-refractivity contribution is 0.0532. The van der Waals surface area contributed by atoms with Crippen LogP contribution in [-0.2, 0) is 4.74 Å². The molecule has 2 atom stereocenters. The van der Waals surface area contributed by atoms with Gasteiger partial charge in [0.05, 0.1) is 6.10 Å². The highest BCUT2D eigenvalue weighted by Gasteiger charge is 2.32. The molecule has 0 bridgehead atoms. The quantitative estimate of drug-likeness (QED) is 0.592. The second-order valence-corrected chi connectivity index (χ2v) is 5.97. The van der Waals surface area contributed by atoms with E-state index in [9.17, 15) is 0 Å². The van der Waals surface area contributed by atoms with Crippen LogP contribution in [0.3, 0.4) is 0 Å². The molecule has 108 valence electrons. The zero-order valence-corrected chi connectivity index (χ0v) is 12.8. The molecule has 1 saturated heterocycles. The van der Waals surface area contributed by atoms with Gasteiger partial charge >= 0.3 is 0 Å². The third kappa shape index (κ3) is 5.27. The van der Waals surface area contributed by atoms with Gasteiger partial charge in [0.25, 0.3) is 0 Å². The van der Waals surface area contributed by atoms with E-state index in [1.54, 1.807) is 0 Å². The first-order valence-electron chi connectivity index (χ1n) is 8.08. The molecule has 0 saturated carbocycles. The number of hydrogen-bond acceptors (Lipinski definition) is 2. The molecule has 1 aliphatic rings. The van der Waals surface area contributed by atoms with E-state index in [4.69, 9.17) is 4.74 Å². The van der Waals surface area contributed by atoms with Crippen molar-refractivity contribution in [1.82, 2.24) is 5.32 Å². The summed E-state index contributed by atoms with van der Waals surface area (Å²) in [5.41, 5.74) is 0.472. The van der Waals surface area contributed by atoms with E-state index in [0.29, 0.717) is 11.5 Å². The van der Waals surface area contributed by atoms with Gasteiger partial charge in [-0.1, -0.05) is 33.6 Å². The maximum absolute atomic E-state index is 5.87. The molecule has 0 amide bonds. The highest BCUT2D eigenvalue weighted by Crippen LogP contribution is 2.36. The molecular formula is C16H33NO. The normalized spacial score (nSPS) is 23.2. The third-order valence-electron chi connectivity index (χ3n) is 4.42. The van der Waals surface area contributed by atoms with Crippen LogP contribution in [0.4, 0.5) is 0 Å². The number of nitrogens with one attached hydrogen (secondary N) is 1. The van der Waals surface area contributed by atoms with Gasteiger partial charge in [0.2, 0.25) is 0 Å². The van der Waals surface area contributed by atoms with Crippen LogP contribution in [0.2, 0.25) is 0 Å². The monoisotopic (exact) mass is 255 g/mol. The van der Waals surface area contributed by atoms with Crippen LogP contribution in [0.5, 0.6) is 0 Å². The fourth-order valence-corrected chi connectivity index (χ4v) is 3.08. The Balaban J connectivity index is 2.50. The molecule has 0 radical (unpaired) electrons. The van der Waals surface area contributed by atoms with E-state index in [2.05, 4.69) is 26.1 Å². The highest BCUT2D eigenvalue weighted by molar-refractivity contribution is 4.85. The summed E-state index contributed by atoms with van der Waals surface area (Å²) in [4.78, 5) is 0. The summed E-state index contributed by atoms with van der Waals surface area (Å²) in [5, 5.41) is 3.65. The first kappa shape index (κ1) is 16.0. The molecule has 2 heteroatoms. The predicted octanol–water partition coefficient (Wildman–Crippen LogP) is 4.14. The van der Waals surface area contributed by atoms with Crippen molar-refractivity contribution in [2.75, 3.05) is 19.7 Å². The fourth-order valence-electron chi connectivity index (χ4n) is 3.08. The van der Waals surface area contributed by atoms with Crippen molar-refractivity contribution in [3.05, 3.63) is 0 Å². The van der Waals surface area contributed by atoms with Crippen molar-refractivity contribution < 1.29 is 4.74 Å². The van der Waals surface area contributed by atoms with E-state index in [1.165, 1.54) is 57.9 Å². The summed E-state index contributed by atoms with van der Waals surface area (Å²) in [7, 11) is 0. The Bertz CT molecular complexity index is 201. The molecule has 0 aromatic heterocycles. The Hall–Kier alpha value is -0.0800. The van der Waals surface area contributed by atoms with Gasteiger partial charge < -0.3 is 10.1 Å². The van der Waals surface area contributed by atoms with Gasteiger partial charge in [0.15, 0.2) is 0 Å². The molecule has 18 heavy (non-hydrogen) atoms. The van der Waals surface area contributed by atoms with Crippen LogP contribution in [0.15, 0.2) is 0 Å². The lowest BCUT2D eigenvalue weighted by Gasteiger charge is -2.35. The van der Waals surface area contributed by atoms with Crippen LogP contribution in [-0.4, -0.2) is 25.8 Å². The van der Waals surface area contributed by atoms with Gasteiger partial charge in [-0.15, -0.1) is 0 Å². The van der Waals surface area contributed by atoms with Crippen LogP contribution in [0, 0.1) is 5.41 Å². The Morgan fingerprint density at radius 1 is 1.22 bits per heavy atom. The summed E-state index contributed by atoms with van der Waals surface area (Å²) in [6, 6.07) is 0. The molecule has 0 aromatic rings. The van der Waals surface area contributed by atoms with Crippen LogP contribution < -0.4 is 5.32 Å². The minimum atomic E-state index is 0.472. The van der Waals surface area contributed by atoms with Crippen LogP contribution in [0.1, 0.15) is 72.1 Å². The van der Waals surface area contributed by atoms with Gasteiger partial charge in [-0.25, -0.2) is 0 Å². The Morgan fingerprint density at radius 2 is 2.06 bits per heavy atom. The maximum atomic E-state index is 5.87. The first-order chi connectivity index (χ1) is 8.76. The Kier molecular flexibility index (Phi) is 7.92. The molecule has 1 heterocycles. The standard InChI is InChI=1S/C16H33NO/c1-4-7-10-16(6-3,14-17-11-5-2)13-15-9-8-12-18-15/h15,17H,4-14H2,1-3H3. The van der Waals surface area contributed by atoms with Gasteiger partial charge in [-0.3, -0.25) is 0 Å². The maximum Gasteiger partial charge on any atom is 0.0581 e. The lowest BCUT2D eigenvalue weighted by Crippen LogP contribution is -2.37. The van der Waals surface area contributed by atoms with Crippen LogP contribution in [0.25, 0.3) is 0 Å². The molecule has 1 rings (SSSR count). The predicted molar refractivity (Wildman–Crippen MR) is 79.0 cm³/mol. The number of hydrogen-bond donors (Lipinski definition) is 1.